The zero-order valence-electron chi connectivity index (χ0n) is 15.8. The summed E-state index contributed by atoms with van der Waals surface area (Å²) in [7, 11) is -2.52. The van der Waals surface area contributed by atoms with Gasteiger partial charge in [0.15, 0.2) is 11.4 Å². The van der Waals surface area contributed by atoms with Crippen LogP contribution in [-0.2, 0) is 17.1 Å². The van der Waals surface area contributed by atoms with E-state index in [4.69, 9.17) is 4.74 Å². The minimum Gasteiger partial charge on any atom is -0.487 e. The van der Waals surface area contributed by atoms with Gasteiger partial charge in [-0.1, -0.05) is 0 Å². The second-order valence-electron chi connectivity index (χ2n) is 7.40. The van der Waals surface area contributed by atoms with Crippen molar-refractivity contribution in [3.05, 3.63) is 41.5 Å². The number of amides is 1. The third kappa shape index (κ3) is 3.39. The van der Waals surface area contributed by atoms with Crippen molar-refractivity contribution in [2.24, 2.45) is 7.05 Å². The van der Waals surface area contributed by atoms with Gasteiger partial charge in [-0.15, -0.1) is 0 Å². The third-order valence-corrected chi connectivity index (χ3v) is 6.68. The molecule has 29 heavy (non-hydrogen) atoms. The Hall–Kier alpha value is -2.47. The molecule has 1 aromatic heterocycles. The highest BCUT2D eigenvalue weighted by Gasteiger charge is 2.47. The van der Waals surface area contributed by atoms with E-state index < -0.39 is 33.4 Å². The number of anilines is 1. The first-order chi connectivity index (χ1) is 13.6. The van der Waals surface area contributed by atoms with E-state index in [0.29, 0.717) is 11.3 Å². The van der Waals surface area contributed by atoms with Crippen LogP contribution in [0.5, 0.6) is 5.75 Å². The number of halogens is 1. The number of aliphatic hydroxyl groups is 1. The average Bonchev–Trinajstić information content (AvgIpc) is 3.16. The second-order valence-corrected chi connectivity index (χ2v) is 9.08. The van der Waals surface area contributed by atoms with Gasteiger partial charge in [-0.05, 0) is 30.7 Å². The quantitative estimate of drug-likeness (QED) is 0.543. The molecular formula is C18H21FN4O5S. The first kappa shape index (κ1) is 19.8. The molecule has 0 radical (unpaired) electrons. The molecule has 4 N–H and O–H groups in total. The van der Waals surface area contributed by atoms with Gasteiger partial charge in [0.25, 0.3) is 5.91 Å². The van der Waals surface area contributed by atoms with Gasteiger partial charge in [-0.2, -0.15) is 0 Å². The molecule has 1 aromatic carbocycles. The normalized spacial score (nSPS) is 25.3. The molecule has 2 aromatic rings. The molecule has 11 heteroatoms. The summed E-state index contributed by atoms with van der Waals surface area (Å²) >= 11 is 0. The standard InChI is InChI=1S/C18H21FN4O5S/c1-10-5-11(3-4-12(10)19)21-17(24)15-16-13(7-23(15)2)29(26,27)22-14-6-20-8-18(14,25)9-28-16/h3-5,7,14,20,22,25H,6,8-9H2,1-2H3,(H,21,24)/t14-,18+/m0/s1. The predicted octanol–water partition coefficient (Wildman–Crippen LogP) is 0.0985. The molecule has 0 spiro atoms. The third-order valence-electron chi connectivity index (χ3n) is 5.21. The van der Waals surface area contributed by atoms with Crippen LogP contribution in [0.25, 0.3) is 0 Å². The van der Waals surface area contributed by atoms with Gasteiger partial charge < -0.3 is 25.0 Å². The van der Waals surface area contributed by atoms with Crippen molar-refractivity contribution in [3.8, 4) is 5.75 Å². The van der Waals surface area contributed by atoms with Crippen molar-refractivity contribution in [2.45, 2.75) is 23.5 Å². The molecule has 3 heterocycles. The highest BCUT2D eigenvalue weighted by atomic mass is 32.2. The number of benzene rings is 1. The van der Waals surface area contributed by atoms with E-state index >= 15 is 0 Å². The summed E-state index contributed by atoms with van der Waals surface area (Å²) < 4.78 is 48.7. The smallest absolute Gasteiger partial charge is 0.276 e. The molecule has 0 unspecified atom stereocenters. The Morgan fingerprint density at radius 1 is 1.45 bits per heavy atom. The fourth-order valence-corrected chi connectivity index (χ4v) is 5.08. The largest absolute Gasteiger partial charge is 0.487 e. The lowest BCUT2D eigenvalue weighted by Gasteiger charge is -2.31. The molecule has 0 aliphatic carbocycles. The lowest BCUT2D eigenvalue weighted by Crippen LogP contribution is -2.56. The van der Waals surface area contributed by atoms with E-state index in [0.717, 1.165) is 0 Å². The lowest BCUT2D eigenvalue weighted by atomic mass is 10.0. The summed E-state index contributed by atoms with van der Waals surface area (Å²) in [5.74, 6) is -1.17. The van der Waals surface area contributed by atoms with Crippen LogP contribution >= 0.6 is 0 Å². The first-order valence-corrected chi connectivity index (χ1v) is 10.4. The van der Waals surface area contributed by atoms with Gasteiger partial charge in [0, 0.05) is 32.0 Å². The van der Waals surface area contributed by atoms with E-state index in [9.17, 15) is 22.7 Å². The van der Waals surface area contributed by atoms with Crippen LogP contribution in [0.1, 0.15) is 16.1 Å². The number of hydrogen-bond acceptors (Lipinski definition) is 6. The van der Waals surface area contributed by atoms with Crippen molar-refractivity contribution in [1.82, 2.24) is 14.6 Å². The van der Waals surface area contributed by atoms with Crippen molar-refractivity contribution < 1.29 is 27.4 Å². The summed E-state index contributed by atoms with van der Waals surface area (Å²) in [6.07, 6.45) is 1.29. The Kier molecular flexibility index (Phi) is 4.65. The molecule has 0 bridgehead atoms. The molecule has 1 saturated heterocycles. The number of sulfonamides is 1. The zero-order chi connectivity index (χ0) is 21.0. The van der Waals surface area contributed by atoms with Crippen molar-refractivity contribution >= 4 is 21.6 Å². The lowest BCUT2D eigenvalue weighted by molar-refractivity contribution is -0.00577. The second kappa shape index (κ2) is 6.80. The number of nitrogens with zero attached hydrogens (tertiary/aromatic N) is 1. The number of fused-ring (bicyclic) bond motifs is 2. The number of β-amino-alcohol motifs (C(OH)–C–C–N with tert-alkyl or cyclic N) is 1. The molecule has 9 nitrogen and oxygen atoms in total. The van der Waals surface area contributed by atoms with E-state index in [1.807, 2.05) is 0 Å². The number of rotatable bonds is 2. The van der Waals surface area contributed by atoms with Gasteiger partial charge in [-0.25, -0.2) is 17.5 Å². The zero-order valence-corrected chi connectivity index (χ0v) is 16.6. The monoisotopic (exact) mass is 424 g/mol. The van der Waals surface area contributed by atoms with E-state index in [1.165, 1.54) is 36.0 Å². The number of carbonyl (C=O) groups excluding carboxylic acids is 1. The van der Waals surface area contributed by atoms with Crippen molar-refractivity contribution in [2.75, 3.05) is 25.0 Å². The van der Waals surface area contributed by atoms with Crippen LogP contribution < -0.4 is 20.1 Å². The maximum atomic E-state index is 13.5. The molecule has 2 aliphatic rings. The molecule has 1 fully saturated rings. The number of nitrogens with one attached hydrogen (secondary N) is 3. The Balaban J connectivity index is 1.72. The van der Waals surface area contributed by atoms with Crippen LogP contribution in [0, 0.1) is 12.7 Å². The number of carbonyl (C=O) groups is 1. The Bertz CT molecular complexity index is 1100. The van der Waals surface area contributed by atoms with Gasteiger partial charge in [0.2, 0.25) is 10.0 Å². The molecule has 156 valence electrons. The fraction of sp³-hybridized carbons (Fsp3) is 0.389. The molecule has 2 atom stereocenters. The molecule has 1 amide bonds. The summed E-state index contributed by atoms with van der Waals surface area (Å²) in [5.41, 5.74) is -0.757. The van der Waals surface area contributed by atoms with Crippen LogP contribution in [-0.4, -0.2) is 55.3 Å². The first-order valence-electron chi connectivity index (χ1n) is 8.96. The van der Waals surface area contributed by atoms with Gasteiger partial charge in [0.05, 0.1) is 6.04 Å². The highest BCUT2D eigenvalue weighted by Crippen LogP contribution is 2.34. The van der Waals surface area contributed by atoms with Crippen LogP contribution in [0.2, 0.25) is 0 Å². The average molecular weight is 424 g/mol. The Morgan fingerprint density at radius 3 is 2.93 bits per heavy atom. The van der Waals surface area contributed by atoms with Crippen LogP contribution in [0.15, 0.2) is 29.3 Å². The van der Waals surface area contributed by atoms with E-state index in [-0.39, 0.29) is 36.0 Å². The number of aryl methyl sites for hydroxylation is 2. The highest BCUT2D eigenvalue weighted by molar-refractivity contribution is 7.89. The van der Waals surface area contributed by atoms with E-state index in [2.05, 4.69) is 15.4 Å². The number of ether oxygens (including phenoxy) is 1. The number of hydrogen-bond donors (Lipinski definition) is 4. The summed E-state index contributed by atoms with van der Waals surface area (Å²) in [4.78, 5) is 12.7. The minimum atomic E-state index is -4.04. The maximum Gasteiger partial charge on any atom is 0.276 e. The minimum absolute atomic E-state index is 0.0274. The molecule has 0 saturated carbocycles. The molecule has 4 rings (SSSR count). The number of aromatic nitrogens is 1. The van der Waals surface area contributed by atoms with Gasteiger partial charge >= 0.3 is 0 Å². The fourth-order valence-electron chi connectivity index (χ4n) is 3.58. The Morgan fingerprint density at radius 2 is 2.21 bits per heavy atom. The van der Waals surface area contributed by atoms with Crippen molar-refractivity contribution in [1.29, 1.82) is 0 Å². The SMILES string of the molecule is Cc1cc(NC(=O)c2c3c(cn2C)S(=O)(=O)N[C@H]2CNC[C@@]2(O)CO3)ccc1F. The van der Waals surface area contributed by atoms with Crippen LogP contribution in [0.4, 0.5) is 10.1 Å². The van der Waals surface area contributed by atoms with Gasteiger partial charge in [0.1, 0.15) is 22.9 Å². The summed E-state index contributed by atoms with van der Waals surface area (Å²) in [5, 5.41) is 16.3. The predicted molar refractivity (Wildman–Crippen MR) is 102 cm³/mol. The molecular weight excluding hydrogens is 403 g/mol. The van der Waals surface area contributed by atoms with Crippen LogP contribution in [0.3, 0.4) is 0 Å². The van der Waals surface area contributed by atoms with Crippen molar-refractivity contribution in [3.63, 3.8) is 0 Å². The van der Waals surface area contributed by atoms with Gasteiger partial charge in [-0.3, -0.25) is 4.79 Å². The Labute approximate surface area is 166 Å². The van der Waals surface area contributed by atoms with E-state index in [1.54, 1.807) is 6.92 Å². The topological polar surface area (TPSA) is 122 Å². The summed E-state index contributed by atoms with van der Waals surface area (Å²) in [6, 6.07) is 3.36. The molecule has 2 aliphatic heterocycles. The summed E-state index contributed by atoms with van der Waals surface area (Å²) in [6.45, 7) is 1.79. The maximum absolute atomic E-state index is 13.5.